The van der Waals surface area contributed by atoms with Gasteiger partial charge in [0.15, 0.2) is 0 Å². The van der Waals surface area contributed by atoms with Crippen LogP contribution in [0.3, 0.4) is 0 Å². The van der Waals surface area contributed by atoms with Crippen molar-refractivity contribution in [3.05, 3.63) is 33.8 Å². The summed E-state index contributed by atoms with van der Waals surface area (Å²) < 4.78 is 0. The molecule has 0 radical (unpaired) electrons. The molecule has 1 aliphatic carbocycles. The molecular formula is C12H13Cl2N. The minimum absolute atomic E-state index is 0.341. The minimum Gasteiger partial charge on any atom is -0.316 e. The topological polar surface area (TPSA) is 12.0 Å². The average molecular weight is 242 g/mol. The highest BCUT2D eigenvalue weighted by Gasteiger charge is 2.64. The molecule has 1 N–H and O–H groups in total. The Morgan fingerprint density at radius 3 is 2.73 bits per heavy atom. The van der Waals surface area contributed by atoms with Crippen LogP contribution in [0.4, 0.5) is 0 Å². The van der Waals surface area contributed by atoms with Crippen LogP contribution >= 0.6 is 23.2 Å². The van der Waals surface area contributed by atoms with Crippen LogP contribution in [0.5, 0.6) is 0 Å². The number of piperidine rings is 1. The van der Waals surface area contributed by atoms with Gasteiger partial charge < -0.3 is 5.32 Å². The molecule has 0 bridgehead atoms. The second-order valence-electron chi connectivity index (χ2n) is 4.70. The molecule has 1 aromatic rings. The fourth-order valence-corrected chi connectivity index (χ4v) is 3.47. The third-order valence-electron chi connectivity index (χ3n) is 4.21. The molecule has 1 aromatic carbocycles. The molecule has 1 aliphatic heterocycles. The highest BCUT2D eigenvalue weighted by atomic mass is 35.5. The number of hydrogen-bond donors (Lipinski definition) is 1. The third-order valence-corrected chi connectivity index (χ3v) is 4.95. The maximum atomic E-state index is 6.07. The average Bonchev–Trinajstić information content (AvgIpc) is 2.64. The van der Waals surface area contributed by atoms with Crippen molar-refractivity contribution in [2.45, 2.75) is 12.3 Å². The van der Waals surface area contributed by atoms with Gasteiger partial charge in [-0.2, -0.15) is 0 Å². The zero-order valence-corrected chi connectivity index (χ0v) is 10.1. The van der Waals surface area contributed by atoms with Gasteiger partial charge in [-0.05, 0) is 36.1 Å². The summed E-state index contributed by atoms with van der Waals surface area (Å²) >= 11 is 12.0. The second-order valence-corrected chi connectivity index (χ2v) is 5.51. The molecule has 1 nitrogen and oxygen atoms in total. The molecule has 15 heavy (non-hydrogen) atoms. The Labute approximate surface area is 99.8 Å². The van der Waals surface area contributed by atoms with Crippen molar-refractivity contribution in [2.24, 2.45) is 11.8 Å². The van der Waals surface area contributed by atoms with Crippen LogP contribution in [-0.4, -0.2) is 13.1 Å². The Kier molecular flexibility index (Phi) is 2.08. The zero-order chi connectivity index (χ0) is 10.6. The molecule has 2 aliphatic rings. The molecule has 1 saturated carbocycles. The van der Waals surface area contributed by atoms with Gasteiger partial charge in [0, 0.05) is 12.0 Å². The van der Waals surface area contributed by atoms with Crippen molar-refractivity contribution >= 4 is 23.2 Å². The number of nitrogens with one attached hydrogen (secondary N) is 1. The van der Waals surface area contributed by atoms with Crippen molar-refractivity contribution in [1.82, 2.24) is 5.32 Å². The minimum atomic E-state index is 0.341. The maximum Gasteiger partial charge on any atom is 0.0595 e. The first-order valence-electron chi connectivity index (χ1n) is 5.32. The SMILES string of the molecule is C[C@@H]1[C@H]2CNC[C@@]12c1ccc(Cl)c(Cl)c1. The zero-order valence-electron chi connectivity index (χ0n) is 8.56. The normalized spacial score (nSPS) is 37.8. The summed E-state index contributed by atoms with van der Waals surface area (Å²) in [6.45, 7) is 4.55. The predicted octanol–water partition coefficient (Wildman–Crippen LogP) is 3.10. The lowest BCUT2D eigenvalue weighted by Crippen LogP contribution is -2.22. The van der Waals surface area contributed by atoms with Gasteiger partial charge in [0.05, 0.1) is 10.0 Å². The van der Waals surface area contributed by atoms with E-state index in [9.17, 15) is 0 Å². The first kappa shape index (κ1) is 9.95. The van der Waals surface area contributed by atoms with Crippen LogP contribution < -0.4 is 5.32 Å². The van der Waals surface area contributed by atoms with Crippen LogP contribution in [0, 0.1) is 11.8 Å². The first-order valence-corrected chi connectivity index (χ1v) is 6.08. The Bertz CT molecular complexity index is 418. The van der Waals surface area contributed by atoms with E-state index in [4.69, 9.17) is 23.2 Å². The van der Waals surface area contributed by atoms with E-state index in [-0.39, 0.29) is 0 Å². The molecule has 0 spiro atoms. The van der Waals surface area contributed by atoms with Crippen LogP contribution in [0.1, 0.15) is 12.5 Å². The smallest absolute Gasteiger partial charge is 0.0595 e. The molecule has 80 valence electrons. The highest BCUT2D eigenvalue weighted by Crippen LogP contribution is 2.61. The lowest BCUT2D eigenvalue weighted by atomic mass is 9.93. The van der Waals surface area contributed by atoms with E-state index in [1.54, 1.807) is 0 Å². The molecule has 0 amide bonds. The van der Waals surface area contributed by atoms with Crippen molar-refractivity contribution in [2.75, 3.05) is 13.1 Å². The van der Waals surface area contributed by atoms with Crippen LogP contribution in [0.15, 0.2) is 18.2 Å². The van der Waals surface area contributed by atoms with E-state index in [2.05, 4.69) is 18.3 Å². The summed E-state index contributed by atoms with van der Waals surface area (Å²) in [5.74, 6) is 1.56. The van der Waals surface area contributed by atoms with Gasteiger partial charge in [-0.3, -0.25) is 0 Å². The van der Waals surface area contributed by atoms with Gasteiger partial charge in [-0.15, -0.1) is 0 Å². The summed E-state index contributed by atoms with van der Waals surface area (Å²) in [6.07, 6.45) is 0. The van der Waals surface area contributed by atoms with E-state index in [1.807, 2.05) is 12.1 Å². The molecule has 3 atom stereocenters. The Morgan fingerprint density at radius 2 is 2.13 bits per heavy atom. The molecule has 0 unspecified atom stereocenters. The lowest BCUT2D eigenvalue weighted by Gasteiger charge is -2.15. The van der Waals surface area contributed by atoms with Crippen molar-refractivity contribution < 1.29 is 0 Å². The van der Waals surface area contributed by atoms with Crippen LogP contribution in [0.25, 0.3) is 0 Å². The number of rotatable bonds is 1. The molecule has 1 heterocycles. The standard InChI is InChI=1S/C12H13Cl2N/c1-7-9-5-15-6-12(7,9)8-2-3-10(13)11(14)4-8/h2-4,7,9,15H,5-6H2,1H3/t7-,9-,12+/m1/s1. The summed E-state index contributed by atoms with van der Waals surface area (Å²) in [5.41, 5.74) is 1.69. The predicted molar refractivity (Wildman–Crippen MR) is 63.7 cm³/mol. The molecule has 1 saturated heterocycles. The summed E-state index contributed by atoms with van der Waals surface area (Å²) in [6, 6.07) is 6.07. The second kappa shape index (κ2) is 3.13. The van der Waals surface area contributed by atoms with Gasteiger partial charge in [0.25, 0.3) is 0 Å². The molecule has 3 rings (SSSR count). The molecule has 0 aromatic heterocycles. The number of hydrogen-bond acceptors (Lipinski definition) is 1. The fourth-order valence-electron chi connectivity index (χ4n) is 3.18. The molecule has 2 fully saturated rings. The summed E-state index contributed by atoms with van der Waals surface area (Å²) in [5, 5.41) is 4.77. The third kappa shape index (κ3) is 1.20. The van der Waals surface area contributed by atoms with Gasteiger partial charge in [-0.25, -0.2) is 0 Å². The van der Waals surface area contributed by atoms with E-state index in [0.717, 1.165) is 24.9 Å². The first-order chi connectivity index (χ1) is 7.16. The largest absolute Gasteiger partial charge is 0.316 e. The van der Waals surface area contributed by atoms with Crippen molar-refractivity contribution in [3.8, 4) is 0 Å². The quantitative estimate of drug-likeness (QED) is 0.797. The molecule has 3 heteroatoms. The van der Waals surface area contributed by atoms with Gasteiger partial charge in [-0.1, -0.05) is 36.2 Å². The Balaban J connectivity index is 2.03. The number of benzene rings is 1. The van der Waals surface area contributed by atoms with Gasteiger partial charge in [0.1, 0.15) is 0 Å². The summed E-state index contributed by atoms with van der Waals surface area (Å²) in [4.78, 5) is 0. The summed E-state index contributed by atoms with van der Waals surface area (Å²) in [7, 11) is 0. The van der Waals surface area contributed by atoms with Gasteiger partial charge >= 0.3 is 0 Å². The van der Waals surface area contributed by atoms with Crippen molar-refractivity contribution in [1.29, 1.82) is 0 Å². The van der Waals surface area contributed by atoms with Crippen LogP contribution in [-0.2, 0) is 5.41 Å². The fraction of sp³-hybridized carbons (Fsp3) is 0.500. The number of fused-ring (bicyclic) bond motifs is 1. The van der Waals surface area contributed by atoms with Crippen molar-refractivity contribution in [3.63, 3.8) is 0 Å². The lowest BCUT2D eigenvalue weighted by molar-refractivity contribution is 0.591. The Morgan fingerprint density at radius 1 is 1.33 bits per heavy atom. The van der Waals surface area contributed by atoms with E-state index in [0.29, 0.717) is 15.5 Å². The maximum absolute atomic E-state index is 6.07. The van der Waals surface area contributed by atoms with E-state index in [1.165, 1.54) is 5.56 Å². The van der Waals surface area contributed by atoms with Gasteiger partial charge in [0.2, 0.25) is 0 Å². The monoisotopic (exact) mass is 241 g/mol. The molecular weight excluding hydrogens is 229 g/mol. The van der Waals surface area contributed by atoms with E-state index < -0.39 is 0 Å². The Hall–Kier alpha value is -0.240. The van der Waals surface area contributed by atoms with Crippen LogP contribution in [0.2, 0.25) is 10.0 Å². The van der Waals surface area contributed by atoms with E-state index >= 15 is 0 Å². The highest BCUT2D eigenvalue weighted by molar-refractivity contribution is 6.42. The number of halogens is 2.